The highest BCUT2D eigenvalue weighted by Crippen LogP contribution is 2.21. The number of hydrogen-bond donors (Lipinski definition) is 1. The SMILES string of the molecule is CC(c1cccc(N)c1)N(C)C(=O)CCc1ccccc1. The Labute approximate surface area is 126 Å². The van der Waals surface area contributed by atoms with Crippen LogP contribution in [0.3, 0.4) is 0 Å². The van der Waals surface area contributed by atoms with Crippen LogP contribution in [0.2, 0.25) is 0 Å². The zero-order valence-corrected chi connectivity index (χ0v) is 12.6. The molecule has 0 radical (unpaired) electrons. The van der Waals surface area contributed by atoms with Crippen LogP contribution in [0.1, 0.15) is 30.5 Å². The van der Waals surface area contributed by atoms with Gasteiger partial charge in [0.2, 0.25) is 5.91 Å². The van der Waals surface area contributed by atoms with E-state index < -0.39 is 0 Å². The van der Waals surface area contributed by atoms with Gasteiger partial charge in [0.25, 0.3) is 0 Å². The smallest absolute Gasteiger partial charge is 0.223 e. The van der Waals surface area contributed by atoms with Crippen molar-refractivity contribution in [2.45, 2.75) is 25.8 Å². The molecule has 2 rings (SSSR count). The maximum absolute atomic E-state index is 12.3. The lowest BCUT2D eigenvalue weighted by Gasteiger charge is -2.25. The van der Waals surface area contributed by atoms with Gasteiger partial charge in [0.05, 0.1) is 6.04 Å². The lowest BCUT2D eigenvalue weighted by atomic mass is 10.1. The largest absolute Gasteiger partial charge is 0.399 e. The molecule has 2 aromatic rings. The summed E-state index contributed by atoms with van der Waals surface area (Å²) in [5.41, 5.74) is 8.78. The molecule has 110 valence electrons. The fraction of sp³-hybridized carbons (Fsp3) is 0.278. The highest BCUT2D eigenvalue weighted by Gasteiger charge is 2.17. The third-order valence-corrected chi connectivity index (χ3v) is 3.84. The number of aryl methyl sites for hydroxylation is 1. The number of nitrogens with two attached hydrogens (primary N) is 1. The Morgan fingerprint density at radius 2 is 1.86 bits per heavy atom. The van der Waals surface area contributed by atoms with Crippen LogP contribution in [-0.2, 0) is 11.2 Å². The zero-order chi connectivity index (χ0) is 15.2. The Morgan fingerprint density at radius 3 is 2.52 bits per heavy atom. The number of rotatable bonds is 5. The van der Waals surface area contributed by atoms with Crippen molar-refractivity contribution in [2.75, 3.05) is 12.8 Å². The molecule has 2 N–H and O–H groups in total. The predicted octanol–water partition coefficient (Wildman–Crippen LogP) is 3.42. The van der Waals surface area contributed by atoms with Gasteiger partial charge >= 0.3 is 0 Å². The molecular weight excluding hydrogens is 260 g/mol. The summed E-state index contributed by atoms with van der Waals surface area (Å²) in [7, 11) is 1.85. The van der Waals surface area contributed by atoms with E-state index >= 15 is 0 Å². The van der Waals surface area contributed by atoms with E-state index in [4.69, 9.17) is 5.73 Å². The van der Waals surface area contributed by atoms with Crippen molar-refractivity contribution in [1.82, 2.24) is 4.90 Å². The maximum atomic E-state index is 12.3. The average molecular weight is 282 g/mol. The second-order valence-electron chi connectivity index (χ2n) is 5.34. The van der Waals surface area contributed by atoms with Gasteiger partial charge in [0, 0.05) is 19.2 Å². The van der Waals surface area contributed by atoms with E-state index in [0.717, 1.165) is 17.7 Å². The summed E-state index contributed by atoms with van der Waals surface area (Å²) in [6, 6.07) is 17.8. The molecule has 0 heterocycles. The number of nitrogens with zero attached hydrogens (tertiary/aromatic N) is 1. The van der Waals surface area contributed by atoms with Crippen LogP contribution in [-0.4, -0.2) is 17.9 Å². The molecule has 0 saturated heterocycles. The lowest BCUT2D eigenvalue weighted by molar-refractivity contribution is -0.131. The van der Waals surface area contributed by atoms with Gasteiger partial charge in [-0.1, -0.05) is 42.5 Å². The lowest BCUT2D eigenvalue weighted by Crippen LogP contribution is -2.29. The fourth-order valence-electron chi connectivity index (χ4n) is 2.33. The van der Waals surface area contributed by atoms with Crippen LogP contribution in [0.25, 0.3) is 0 Å². The summed E-state index contributed by atoms with van der Waals surface area (Å²) < 4.78 is 0. The Bertz CT molecular complexity index is 595. The number of nitrogen functional groups attached to an aromatic ring is 1. The first kappa shape index (κ1) is 15.1. The molecule has 3 nitrogen and oxygen atoms in total. The van der Waals surface area contributed by atoms with Crippen molar-refractivity contribution >= 4 is 11.6 Å². The van der Waals surface area contributed by atoms with Crippen LogP contribution in [0.15, 0.2) is 54.6 Å². The Kier molecular flexibility index (Phi) is 4.99. The first-order valence-corrected chi connectivity index (χ1v) is 7.23. The minimum absolute atomic E-state index is 0.0248. The predicted molar refractivity (Wildman–Crippen MR) is 86.8 cm³/mol. The van der Waals surface area contributed by atoms with Crippen molar-refractivity contribution in [2.24, 2.45) is 0 Å². The number of carbonyl (C=O) groups excluding carboxylic acids is 1. The van der Waals surface area contributed by atoms with Gasteiger partial charge in [-0.05, 0) is 36.6 Å². The van der Waals surface area contributed by atoms with E-state index in [1.165, 1.54) is 5.56 Å². The number of benzene rings is 2. The van der Waals surface area contributed by atoms with E-state index in [2.05, 4.69) is 12.1 Å². The molecule has 3 heteroatoms. The second kappa shape index (κ2) is 6.93. The monoisotopic (exact) mass is 282 g/mol. The molecule has 0 aliphatic heterocycles. The number of amides is 1. The van der Waals surface area contributed by atoms with E-state index in [9.17, 15) is 4.79 Å². The normalized spacial score (nSPS) is 11.9. The fourth-order valence-corrected chi connectivity index (χ4v) is 2.33. The summed E-state index contributed by atoms with van der Waals surface area (Å²) in [5.74, 6) is 0.147. The average Bonchev–Trinajstić information content (AvgIpc) is 2.52. The first-order valence-electron chi connectivity index (χ1n) is 7.23. The summed E-state index contributed by atoms with van der Waals surface area (Å²) in [6.45, 7) is 2.02. The first-order chi connectivity index (χ1) is 10.1. The molecule has 1 unspecified atom stereocenters. The van der Waals surface area contributed by atoms with Crippen LogP contribution in [0, 0.1) is 0 Å². The zero-order valence-electron chi connectivity index (χ0n) is 12.6. The summed E-state index contributed by atoms with van der Waals surface area (Å²) in [4.78, 5) is 14.1. The van der Waals surface area contributed by atoms with Crippen LogP contribution < -0.4 is 5.73 Å². The minimum atomic E-state index is 0.0248. The molecular formula is C18H22N2O. The second-order valence-corrected chi connectivity index (χ2v) is 5.34. The molecule has 0 aliphatic rings. The molecule has 1 amide bonds. The van der Waals surface area contributed by atoms with E-state index in [1.807, 2.05) is 56.4 Å². The molecule has 21 heavy (non-hydrogen) atoms. The van der Waals surface area contributed by atoms with Crippen molar-refractivity contribution < 1.29 is 4.79 Å². The Morgan fingerprint density at radius 1 is 1.14 bits per heavy atom. The maximum Gasteiger partial charge on any atom is 0.223 e. The molecule has 0 aliphatic carbocycles. The quantitative estimate of drug-likeness (QED) is 0.854. The van der Waals surface area contributed by atoms with Crippen LogP contribution >= 0.6 is 0 Å². The molecule has 0 aromatic heterocycles. The molecule has 0 spiro atoms. The number of hydrogen-bond acceptors (Lipinski definition) is 2. The Hall–Kier alpha value is -2.29. The van der Waals surface area contributed by atoms with Crippen molar-refractivity contribution in [3.8, 4) is 0 Å². The highest BCUT2D eigenvalue weighted by atomic mass is 16.2. The minimum Gasteiger partial charge on any atom is -0.399 e. The van der Waals surface area contributed by atoms with Gasteiger partial charge < -0.3 is 10.6 Å². The van der Waals surface area contributed by atoms with Crippen LogP contribution in [0.4, 0.5) is 5.69 Å². The van der Waals surface area contributed by atoms with Crippen LogP contribution in [0.5, 0.6) is 0 Å². The van der Waals surface area contributed by atoms with Gasteiger partial charge in [-0.3, -0.25) is 4.79 Å². The number of anilines is 1. The standard InChI is InChI=1S/C18H22N2O/c1-14(16-9-6-10-17(19)13-16)20(2)18(21)12-11-15-7-4-3-5-8-15/h3-10,13-14H,11-12,19H2,1-2H3. The van der Waals surface area contributed by atoms with E-state index in [0.29, 0.717) is 6.42 Å². The van der Waals surface area contributed by atoms with E-state index in [1.54, 1.807) is 4.90 Å². The van der Waals surface area contributed by atoms with Crippen molar-refractivity contribution in [3.05, 3.63) is 65.7 Å². The summed E-state index contributed by atoms with van der Waals surface area (Å²) in [5, 5.41) is 0. The van der Waals surface area contributed by atoms with Crippen molar-refractivity contribution in [3.63, 3.8) is 0 Å². The molecule has 2 aromatic carbocycles. The van der Waals surface area contributed by atoms with E-state index in [-0.39, 0.29) is 11.9 Å². The third kappa shape index (κ3) is 4.09. The van der Waals surface area contributed by atoms with Gasteiger partial charge in [-0.15, -0.1) is 0 Å². The highest BCUT2D eigenvalue weighted by molar-refractivity contribution is 5.76. The van der Waals surface area contributed by atoms with Gasteiger partial charge in [-0.25, -0.2) is 0 Å². The molecule has 1 atom stereocenters. The number of carbonyl (C=O) groups is 1. The summed E-state index contributed by atoms with van der Waals surface area (Å²) >= 11 is 0. The summed E-state index contributed by atoms with van der Waals surface area (Å²) in [6.07, 6.45) is 1.29. The van der Waals surface area contributed by atoms with Gasteiger partial charge in [0.1, 0.15) is 0 Å². The Balaban J connectivity index is 1.95. The third-order valence-electron chi connectivity index (χ3n) is 3.84. The van der Waals surface area contributed by atoms with Gasteiger partial charge in [0.15, 0.2) is 0 Å². The molecule has 0 saturated carbocycles. The van der Waals surface area contributed by atoms with Crippen molar-refractivity contribution in [1.29, 1.82) is 0 Å². The topological polar surface area (TPSA) is 46.3 Å². The molecule has 0 fully saturated rings. The molecule has 0 bridgehead atoms. The van der Waals surface area contributed by atoms with Gasteiger partial charge in [-0.2, -0.15) is 0 Å².